The van der Waals surface area contributed by atoms with Gasteiger partial charge in [0.05, 0.1) is 11.4 Å². The Labute approximate surface area is 127 Å². The molecule has 20 heavy (non-hydrogen) atoms. The normalized spacial score (nSPS) is 25.4. The lowest BCUT2D eigenvalue weighted by Gasteiger charge is -2.31. The molecule has 6 heteroatoms. The molecule has 1 N–H and O–H groups in total. The number of sulfone groups is 1. The van der Waals surface area contributed by atoms with Crippen molar-refractivity contribution in [1.82, 2.24) is 0 Å². The molecule has 0 aromatic heterocycles. The Kier molecular flexibility index (Phi) is 4.87. The lowest BCUT2D eigenvalue weighted by molar-refractivity contribution is 0.0824. The number of hydrogen-bond donors (Lipinski definition) is 1. The van der Waals surface area contributed by atoms with Gasteiger partial charge in [-0.05, 0) is 43.4 Å². The zero-order chi connectivity index (χ0) is 14.9. The van der Waals surface area contributed by atoms with Crippen LogP contribution in [0.25, 0.3) is 0 Å². The van der Waals surface area contributed by atoms with Crippen LogP contribution in [0.4, 0.5) is 4.39 Å². The van der Waals surface area contributed by atoms with Gasteiger partial charge in [-0.25, -0.2) is 12.8 Å². The summed E-state index contributed by atoms with van der Waals surface area (Å²) in [5.74, 6) is -0.672. The predicted octanol–water partition coefficient (Wildman–Crippen LogP) is 3.23. The molecule has 1 fully saturated rings. The van der Waals surface area contributed by atoms with Gasteiger partial charge in [-0.1, -0.05) is 22.4 Å². The predicted molar refractivity (Wildman–Crippen MR) is 79.6 cm³/mol. The van der Waals surface area contributed by atoms with Crippen molar-refractivity contribution >= 4 is 25.8 Å². The van der Waals surface area contributed by atoms with Gasteiger partial charge in [0.25, 0.3) is 0 Å². The van der Waals surface area contributed by atoms with Crippen molar-refractivity contribution in [2.24, 2.45) is 5.92 Å². The number of rotatable bonds is 3. The lowest BCUT2D eigenvalue weighted by Crippen LogP contribution is -2.30. The summed E-state index contributed by atoms with van der Waals surface area (Å²) in [7, 11) is -3.11. The van der Waals surface area contributed by atoms with Crippen molar-refractivity contribution < 1.29 is 17.9 Å². The number of aliphatic hydroxyl groups excluding tert-OH is 1. The van der Waals surface area contributed by atoms with E-state index >= 15 is 0 Å². The lowest BCUT2D eigenvalue weighted by atomic mass is 9.82. The maximum Gasteiger partial charge on any atom is 0.150 e. The van der Waals surface area contributed by atoms with Crippen molar-refractivity contribution in [3.05, 3.63) is 34.1 Å². The Morgan fingerprint density at radius 1 is 1.40 bits per heavy atom. The Bertz CT molecular complexity index is 588. The van der Waals surface area contributed by atoms with Gasteiger partial charge in [-0.3, -0.25) is 0 Å². The molecule has 0 spiro atoms. The molecular weight excluding hydrogens is 347 g/mol. The molecule has 0 aliphatic heterocycles. The topological polar surface area (TPSA) is 54.4 Å². The third kappa shape index (κ3) is 3.59. The third-order valence-corrected chi connectivity index (χ3v) is 6.13. The first-order chi connectivity index (χ1) is 9.29. The van der Waals surface area contributed by atoms with Crippen LogP contribution in [0.15, 0.2) is 22.7 Å². The summed E-state index contributed by atoms with van der Waals surface area (Å²) in [5, 5.41) is 9.95. The second-order valence-corrected chi connectivity index (χ2v) is 8.73. The summed E-state index contributed by atoms with van der Waals surface area (Å²) in [6.07, 6.45) is 2.76. The first-order valence-corrected chi connectivity index (χ1v) is 9.35. The average molecular weight is 365 g/mol. The van der Waals surface area contributed by atoms with Crippen LogP contribution < -0.4 is 0 Å². The van der Waals surface area contributed by atoms with Gasteiger partial charge < -0.3 is 5.11 Å². The second-order valence-electron chi connectivity index (χ2n) is 5.49. The van der Waals surface area contributed by atoms with E-state index in [9.17, 15) is 17.9 Å². The number of hydrogen-bond acceptors (Lipinski definition) is 3. The van der Waals surface area contributed by atoms with E-state index in [4.69, 9.17) is 0 Å². The maximum atomic E-state index is 13.8. The number of benzene rings is 1. The summed E-state index contributed by atoms with van der Waals surface area (Å²) in [4.78, 5) is 0. The molecule has 0 radical (unpaired) electrons. The van der Waals surface area contributed by atoms with Crippen LogP contribution in [0.3, 0.4) is 0 Å². The summed E-state index contributed by atoms with van der Waals surface area (Å²) < 4.78 is 37.8. The van der Waals surface area contributed by atoms with E-state index in [-0.39, 0.29) is 11.5 Å². The zero-order valence-electron chi connectivity index (χ0n) is 11.2. The molecule has 1 aromatic rings. The average Bonchev–Trinajstić information content (AvgIpc) is 2.40. The molecule has 0 amide bonds. The van der Waals surface area contributed by atoms with Crippen molar-refractivity contribution in [2.75, 3.05) is 6.26 Å². The number of halogens is 2. The molecule has 3 unspecified atom stereocenters. The van der Waals surface area contributed by atoms with Crippen molar-refractivity contribution in [3.63, 3.8) is 0 Å². The molecule has 1 aromatic carbocycles. The first-order valence-electron chi connectivity index (χ1n) is 6.61. The monoisotopic (exact) mass is 364 g/mol. The van der Waals surface area contributed by atoms with Gasteiger partial charge in [0.15, 0.2) is 0 Å². The molecule has 2 rings (SSSR count). The largest absolute Gasteiger partial charge is 0.388 e. The highest BCUT2D eigenvalue weighted by atomic mass is 79.9. The summed E-state index contributed by atoms with van der Waals surface area (Å²) in [6, 6.07) is 4.44. The molecular formula is C14H18BrFO3S. The maximum absolute atomic E-state index is 13.8. The zero-order valence-corrected chi connectivity index (χ0v) is 13.6. The van der Waals surface area contributed by atoms with E-state index < -0.39 is 27.0 Å². The van der Waals surface area contributed by atoms with E-state index in [1.54, 1.807) is 12.1 Å². The SMILES string of the molecule is CS(=O)(=O)C1CCCC(C(O)c2cc(Br)ccc2F)C1. The quantitative estimate of drug-likeness (QED) is 0.895. The summed E-state index contributed by atoms with van der Waals surface area (Å²) >= 11 is 3.26. The third-order valence-electron chi connectivity index (χ3n) is 4.00. The molecule has 3 nitrogen and oxygen atoms in total. The fraction of sp³-hybridized carbons (Fsp3) is 0.571. The Hall–Kier alpha value is -0.460. The molecule has 3 atom stereocenters. The highest BCUT2D eigenvalue weighted by molar-refractivity contribution is 9.10. The van der Waals surface area contributed by atoms with E-state index in [0.29, 0.717) is 17.3 Å². The highest BCUT2D eigenvalue weighted by Gasteiger charge is 2.33. The molecule has 0 bridgehead atoms. The van der Waals surface area contributed by atoms with E-state index in [0.717, 1.165) is 12.8 Å². The molecule has 112 valence electrons. The van der Waals surface area contributed by atoms with Crippen LogP contribution in [0, 0.1) is 11.7 Å². The molecule has 1 aliphatic carbocycles. The summed E-state index contributed by atoms with van der Waals surface area (Å²) in [5.41, 5.74) is 0.235. The smallest absolute Gasteiger partial charge is 0.150 e. The van der Waals surface area contributed by atoms with Gasteiger partial charge >= 0.3 is 0 Å². The Morgan fingerprint density at radius 3 is 2.75 bits per heavy atom. The standard InChI is InChI=1S/C14H18BrFO3S/c1-20(18,19)11-4-2-3-9(7-11)14(17)12-8-10(15)5-6-13(12)16/h5-6,8-9,11,14,17H,2-4,7H2,1H3. The van der Waals surface area contributed by atoms with Crippen molar-refractivity contribution in [2.45, 2.75) is 37.0 Å². The Balaban J connectivity index is 2.20. The van der Waals surface area contributed by atoms with E-state index in [1.165, 1.54) is 12.3 Å². The molecule has 1 aliphatic rings. The van der Waals surface area contributed by atoms with Gasteiger partial charge in [0, 0.05) is 16.3 Å². The first kappa shape index (κ1) is 15.9. The van der Waals surface area contributed by atoms with Gasteiger partial charge in [0.2, 0.25) is 0 Å². The van der Waals surface area contributed by atoms with Crippen LogP contribution >= 0.6 is 15.9 Å². The minimum Gasteiger partial charge on any atom is -0.388 e. The molecule has 0 saturated heterocycles. The fourth-order valence-corrected chi connectivity index (χ4v) is 4.42. The van der Waals surface area contributed by atoms with Crippen molar-refractivity contribution in [1.29, 1.82) is 0 Å². The van der Waals surface area contributed by atoms with E-state index in [2.05, 4.69) is 15.9 Å². The van der Waals surface area contributed by atoms with Gasteiger partial charge in [0.1, 0.15) is 15.7 Å². The summed E-state index contributed by atoms with van der Waals surface area (Å²) in [6.45, 7) is 0. The minimum absolute atomic E-state index is 0.215. The fourth-order valence-electron chi connectivity index (χ4n) is 2.85. The molecule has 1 saturated carbocycles. The van der Waals surface area contributed by atoms with Crippen LogP contribution in [0.5, 0.6) is 0 Å². The van der Waals surface area contributed by atoms with Crippen LogP contribution in [-0.4, -0.2) is 25.0 Å². The van der Waals surface area contributed by atoms with Crippen LogP contribution in [-0.2, 0) is 9.84 Å². The minimum atomic E-state index is -3.11. The van der Waals surface area contributed by atoms with Gasteiger partial charge in [-0.15, -0.1) is 0 Å². The van der Waals surface area contributed by atoms with Crippen LogP contribution in [0.2, 0.25) is 0 Å². The Morgan fingerprint density at radius 2 is 2.10 bits per heavy atom. The van der Waals surface area contributed by atoms with Crippen LogP contribution in [0.1, 0.15) is 37.4 Å². The van der Waals surface area contributed by atoms with Gasteiger partial charge in [-0.2, -0.15) is 0 Å². The number of aliphatic hydroxyl groups is 1. The molecule has 0 heterocycles. The van der Waals surface area contributed by atoms with E-state index in [1.807, 2.05) is 0 Å². The second kappa shape index (κ2) is 6.12. The highest BCUT2D eigenvalue weighted by Crippen LogP contribution is 2.38. The van der Waals surface area contributed by atoms with Crippen molar-refractivity contribution in [3.8, 4) is 0 Å².